The average Bonchev–Trinajstić information content (AvgIpc) is 2.21. The maximum atomic E-state index is 11.7. The van der Waals surface area contributed by atoms with E-state index in [0.29, 0.717) is 0 Å². The molecule has 1 aliphatic rings. The van der Waals surface area contributed by atoms with Crippen LogP contribution in [0.15, 0.2) is 0 Å². The van der Waals surface area contributed by atoms with Gasteiger partial charge in [-0.2, -0.15) is 0 Å². The monoisotopic (exact) mass is 270 g/mol. The number of carbonyl (C=O) groups is 3. The van der Waals surface area contributed by atoms with Gasteiger partial charge in [-0.1, -0.05) is 13.8 Å². The normalized spacial score (nSPS) is 18.0. The minimum Gasteiger partial charge on any atom is -0.481 e. The number of carboxylic acid groups (broad SMARTS) is 1. The fourth-order valence-electron chi connectivity index (χ4n) is 2.31. The SMILES string of the molecule is CCC1(NC(=O)NC(=O)CC(C)CC(=O)O)CCC1. The lowest BCUT2D eigenvalue weighted by molar-refractivity contribution is -0.138. The second kappa shape index (κ2) is 6.54. The first-order chi connectivity index (χ1) is 8.87. The number of imide groups is 1. The summed E-state index contributed by atoms with van der Waals surface area (Å²) < 4.78 is 0. The van der Waals surface area contributed by atoms with Gasteiger partial charge in [0, 0.05) is 18.4 Å². The standard InChI is InChI=1S/C13H22N2O4/c1-3-13(5-4-6-13)15-12(19)14-10(16)7-9(2)8-11(17)18/h9H,3-8H2,1-2H3,(H,17,18)(H2,14,15,16,19). The fourth-order valence-corrected chi connectivity index (χ4v) is 2.31. The van der Waals surface area contributed by atoms with E-state index < -0.39 is 17.9 Å². The summed E-state index contributed by atoms with van der Waals surface area (Å²) in [5.41, 5.74) is -0.156. The van der Waals surface area contributed by atoms with E-state index in [1.165, 1.54) is 0 Å². The zero-order chi connectivity index (χ0) is 14.5. The van der Waals surface area contributed by atoms with Crippen LogP contribution in [0.5, 0.6) is 0 Å². The van der Waals surface area contributed by atoms with Gasteiger partial charge in [0.25, 0.3) is 0 Å². The van der Waals surface area contributed by atoms with Crippen molar-refractivity contribution in [3.05, 3.63) is 0 Å². The summed E-state index contributed by atoms with van der Waals surface area (Å²) in [6, 6.07) is -0.478. The van der Waals surface area contributed by atoms with E-state index in [0.717, 1.165) is 25.7 Å². The summed E-state index contributed by atoms with van der Waals surface area (Å²) in [5.74, 6) is -1.66. The molecule has 0 heterocycles. The van der Waals surface area contributed by atoms with E-state index in [1.807, 2.05) is 6.92 Å². The largest absolute Gasteiger partial charge is 0.481 e. The van der Waals surface area contributed by atoms with E-state index >= 15 is 0 Å². The highest BCUT2D eigenvalue weighted by Crippen LogP contribution is 2.34. The number of carboxylic acids is 1. The Morgan fingerprint density at radius 1 is 1.26 bits per heavy atom. The third kappa shape index (κ3) is 4.89. The number of amides is 3. The van der Waals surface area contributed by atoms with Gasteiger partial charge < -0.3 is 10.4 Å². The maximum Gasteiger partial charge on any atom is 0.321 e. The van der Waals surface area contributed by atoms with Crippen molar-refractivity contribution >= 4 is 17.9 Å². The molecular weight excluding hydrogens is 248 g/mol. The molecule has 0 aromatic carbocycles. The predicted molar refractivity (Wildman–Crippen MR) is 69.6 cm³/mol. The number of hydrogen-bond donors (Lipinski definition) is 3. The summed E-state index contributed by atoms with van der Waals surface area (Å²) >= 11 is 0. The van der Waals surface area contributed by atoms with Crippen molar-refractivity contribution in [1.29, 1.82) is 0 Å². The molecule has 0 aromatic rings. The van der Waals surface area contributed by atoms with Gasteiger partial charge in [-0.3, -0.25) is 14.9 Å². The van der Waals surface area contributed by atoms with Crippen LogP contribution in [0.25, 0.3) is 0 Å². The maximum absolute atomic E-state index is 11.7. The summed E-state index contributed by atoms with van der Waals surface area (Å²) in [6.45, 7) is 3.68. The molecule has 0 aromatic heterocycles. The summed E-state index contributed by atoms with van der Waals surface area (Å²) in [6.07, 6.45) is 3.80. The van der Waals surface area contributed by atoms with E-state index in [2.05, 4.69) is 10.6 Å². The molecule has 1 aliphatic carbocycles. The molecule has 0 bridgehead atoms. The Bertz CT molecular complexity index is 358. The van der Waals surface area contributed by atoms with Crippen LogP contribution in [0.2, 0.25) is 0 Å². The molecule has 6 nitrogen and oxygen atoms in total. The van der Waals surface area contributed by atoms with Crippen molar-refractivity contribution in [3.8, 4) is 0 Å². The molecule has 1 fully saturated rings. The summed E-state index contributed by atoms with van der Waals surface area (Å²) in [7, 11) is 0. The predicted octanol–water partition coefficient (Wildman–Crippen LogP) is 1.65. The van der Waals surface area contributed by atoms with E-state index in [4.69, 9.17) is 5.11 Å². The minimum absolute atomic E-state index is 0.0405. The molecule has 1 saturated carbocycles. The molecule has 108 valence electrons. The summed E-state index contributed by atoms with van der Waals surface area (Å²) in [4.78, 5) is 33.7. The van der Waals surface area contributed by atoms with Crippen molar-refractivity contribution < 1.29 is 19.5 Å². The lowest BCUT2D eigenvalue weighted by atomic mass is 9.75. The summed E-state index contributed by atoms with van der Waals surface area (Å²) in [5, 5.41) is 13.7. The van der Waals surface area contributed by atoms with Crippen LogP contribution in [0.3, 0.4) is 0 Å². The topological polar surface area (TPSA) is 95.5 Å². The van der Waals surface area contributed by atoms with Gasteiger partial charge in [0.1, 0.15) is 0 Å². The first-order valence-electron chi connectivity index (χ1n) is 6.70. The van der Waals surface area contributed by atoms with Crippen LogP contribution in [-0.2, 0) is 9.59 Å². The molecule has 6 heteroatoms. The lowest BCUT2D eigenvalue weighted by Crippen LogP contribution is -2.56. The Morgan fingerprint density at radius 2 is 1.89 bits per heavy atom. The van der Waals surface area contributed by atoms with E-state index in [-0.39, 0.29) is 24.3 Å². The molecule has 0 saturated heterocycles. The van der Waals surface area contributed by atoms with Crippen LogP contribution in [0, 0.1) is 5.92 Å². The number of urea groups is 1. The highest BCUT2D eigenvalue weighted by molar-refractivity contribution is 5.94. The number of nitrogens with one attached hydrogen (secondary N) is 2. The van der Waals surface area contributed by atoms with Gasteiger partial charge in [0.2, 0.25) is 5.91 Å². The molecule has 1 atom stereocenters. The van der Waals surface area contributed by atoms with E-state index in [9.17, 15) is 14.4 Å². The highest BCUT2D eigenvalue weighted by atomic mass is 16.4. The first-order valence-corrected chi connectivity index (χ1v) is 6.70. The van der Waals surface area contributed by atoms with Gasteiger partial charge in [0.05, 0.1) is 0 Å². The second-order valence-electron chi connectivity index (χ2n) is 5.40. The molecule has 1 unspecified atom stereocenters. The Labute approximate surface area is 112 Å². The van der Waals surface area contributed by atoms with Crippen LogP contribution in [0.1, 0.15) is 52.4 Å². The van der Waals surface area contributed by atoms with Crippen LogP contribution in [-0.4, -0.2) is 28.6 Å². The fraction of sp³-hybridized carbons (Fsp3) is 0.769. The Kier molecular flexibility index (Phi) is 5.32. The molecule has 0 aliphatic heterocycles. The van der Waals surface area contributed by atoms with Gasteiger partial charge >= 0.3 is 12.0 Å². The molecule has 0 radical (unpaired) electrons. The van der Waals surface area contributed by atoms with Gasteiger partial charge in [-0.05, 0) is 31.6 Å². The Hall–Kier alpha value is -1.59. The Balaban J connectivity index is 2.31. The second-order valence-corrected chi connectivity index (χ2v) is 5.40. The molecule has 0 spiro atoms. The quantitative estimate of drug-likeness (QED) is 0.683. The molecule has 19 heavy (non-hydrogen) atoms. The van der Waals surface area contributed by atoms with Gasteiger partial charge in [-0.25, -0.2) is 4.79 Å². The van der Waals surface area contributed by atoms with Crippen molar-refractivity contribution in [1.82, 2.24) is 10.6 Å². The average molecular weight is 270 g/mol. The van der Waals surface area contributed by atoms with E-state index in [1.54, 1.807) is 6.92 Å². The number of carbonyl (C=O) groups excluding carboxylic acids is 2. The van der Waals surface area contributed by atoms with Crippen molar-refractivity contribution in [2.75, 3.05) is 0 Å². The lowest BCUT2D eigenvalue weighted by Gasteiger charge is -2.41. The number of aliphatic carboxylic acids is 1. The smallest absolute Gasteiger partial charge is 0.321 e. The first kappa shape index (κ1) is 15.5. The van der Waals surface area contributed by atoms with Crippen molar-refractivity contribution in [2.45, 2.75) is 57.9 Å². The zero-order valence-electron chi connectivity index (χ0n) is 11.5. The van der Waals surface area contributed by atoms with Crippen LogP contribution >= 0.6 is 0 Å². The molecule has 1 rings (SSSR count). The van der Waals surface area contributed by atoms with Gasteiger partial charge in [0.15, 0.2) is 0 Å². The van der Waals surface area contributed by atoms with Crippen molar-refractivity contribution in [3.63, 3.8) is 0 Å². The minimum atomic E-state index is -0.941. The van der Waals surface area contributed by atoms with Crippen LogP contribution in [0.4, 0.5) is 4.79 Å². The van der Waals surface area contributed by atoms with Gasteiger partial charge in [-0.15, -0.1) is 0 Å². The number of hydrogen-bond acceptors (Lipinski definition) is 3. The molecule has 3 N–H and O–H groups in total. The number of rotatable bonds is 6. The highest BCUT2D eigenvalue weighted by Gasteiger charge is 2.36. The molecular formula is C13H22N2O4. The zero-order valence-corrected chi connectivity index (χ0v) is 11.5. The van der Waals surface area contributed by atoms with Crippen molar-refractivity contribution in [2.24, 2.45) is 5.92 Å². The molecule has 3 amide bonds. The van der Waals surface area contributed by atoms with Crippen LogP contribution < -0.4 is 10.6 Å². The third-order valence-corrected chi connectivity index (χ3v) is 3.68. The third-order valence-electron chi connectivity index (χ3n) is 3.68. The Morgan fingerprint density at radius 3 is 2.32 bits per heavy atom.